The Morgan fingerprint density at radius 1 is 1.40 bits per heavy atom. The first-order valence-corrected chi connectivity index (χ1v) is 6.73. The highest BCUT2D eigenvalue weighted by Gasteiger charge is 2.02. The summed E-state index contributed by atoms with van der Waals surface area (Å²) in [5.41, 5.74) is 2.06. The van der Waals surface area contributed by atoms with Crippen molar-refractivity contribution in [2.45, 2.75) is 6.42 Å². The maximum Gasteiger partial charge on any atom is 0.0840 e. The van der Waals surface area contributed by atoms with Crippen LogP contribution in [-0.2, 0) is 6.42 Å². The van der Waals surface area contributed by atoms with Gasteiger partial charge in [-0.05, 0) is 40.8 Å². The summed E-state index contributed by atoms with van der Waals surface area (Å²) in [5.74, 6) is 0. The van der Waals surface area contributed by atoms with E-state index in [-0.39, 0.29) is 0 Å². The van der Waals surface area contributed by atoms with Gasteiger partial charge >= 0.3 is 0 Å². The Morgan fingerprint density at radius 2 is 2.27 bits per heavy atom. The van der Waals surface area contributed by atoms with E-state index in [1.165, 1.54) is 3.57 Å². The van der Waals surface area contributed by atoms with Crippen LogP contribution in [0.3, 0.4) is 0 Å². The standard InChI is InChI=1S/C10H9BrIN3/c11-5-4-9-7-15(14-13-9)10-3-1-2-8(12)6-10/h1-3,6-7H,4-5H2. The van der Waals surface area contributed by atoms with Gasteiger partial charge in [0.1, 0.15) is 0 Å². The summed E-state index contributed by atoms with van der Waals surface area (Å²) in [6.45, 7) is 0. The summed E-state index contributed by atoms with van der Waals surface area (Å²) in [4.78, 5) is 0. The average Bonchev–Trinajstić information content (AvgIpc) is 2.67. The van der Waals surface area contributed by atoms with Gasteiger partial charge in [0.15, 0.2) is 0 Å². The minimum Gasteiger partial charge on any atom is -0.220 e. The second kappa shape index (κ2) is 5.07. The molecule has 0 atom stereocenters. The molecule has 0 radical (unpaired) electrons. The number of aromatic nitrogens is 3. The predicted octanol–water partition coefficient (Wildman–Crippen LogP) is 2.81. The van der Waals surface area contributed by atoms with Crippen molar-refractivity contribution >= 4 is 38.5 Å². The van der Waals surface area contributed by atoms with Crippen molar-refractivity contribution in [3.8, 4) is 5.69 Å². The monoisotopic (exact) mass is 377 g/mol. The van der Waals surface area contributed by atoms with Crippen LogP contribution in [0.15, 0.2) is 30.5 Å². The van der Waals surface area contributed by atoms with Crippen LogP contribution in [0.2, 0.25) is 0 Å². The van der Waals surface area contributed by atoms with Crippen molar-refractivity contribution in [3.63, 3.8) is 0 Å². The van der Waals surface area contributed by atoms with E-state index in [1.807, 2.05) is 18.3 Å². The Kier molecular flexibility index (Phi) is 3.74. The zero-order valence-electron chi connectivity index (χ0n) is 7.90. The minimum absolute atomic E-state index is 0.907. The number of aryl methyl sites for hydroxylation is 1. The lowest BCUT2D eigenvalue weighted by Gasteiger charge is -1.99. The van der Waals surface area contributed by atoms with Crippen LogP contribution >= 0.6 is 38.5 Å². The molecule has 1 heterocycles. The SMILES string of the molecule is BrCCc1cn(-c2cccc(I)c2)nn1. The Hall–Kier alpha value is -0.430. The quantitative estimate of drug-likeness (QED) is 0.608. The highest BCUT2D eigenvalue weighted by Crippen LogP contribution is 2.11. The van der Waals surface area contributed by atoms with E-state index in [9.17, 15) is 0 Å². The molecular formula is C10H9BrIN3. The molecule has 0 amide bonds. The molecule has 5 heteroatoms. The Balaban J connectivity index is 2.29. The minimum atomic E-state index is 0.907. The first-order valence-electron chi connectivity index (χ1n) is 4.53. The molecule has 0 spiro atoms. The van der Waals surface area contributed by atoms with Gasteiger partial charge in [0.05, 0.1) is 17.6 Å². The highest BCUT2D eigenvalue weighted by atomic mass is 127. The Morgan fingerprint density at radius 3 is 3.00 bits per heavy atom. The number of hydrogen-bond donors (Lipinski definition) is 0. The summed E-state index contributed by atoms with van der Waals surface area (Å²) in [6, 6.07) is 8.17. The molecule has 2 rings (SSSR count). The lowest BCUT2D eigenvalue weighted by molar-refractivity contribution is 0.798. The predicted molar refractivity (Wildman–Crippen MR) is 71.6 cm³/mol. The van der Waals surface area contributed by atoms with Gasteiger partial charge in [-0.1, -0.05) is 27.2 Å². The molecule has 3 nitrogen and oxygen atoms in total. The molecule has 0 unspecified atom stereocenters. The van der Waals surface area contributed by atoms with Gasteiger partial charge in [-0.3, -0.25) is 0 Å². The van der Waals surface area contributed by atoms with E-state index in [0.29, 0.717) is 0 Å². The van der Waals surface area contributed by atoms with E-state index < -0.39 is 0 Å². The van der Waals surface area contributed by atoms with Crippen molar-refractivity contribution in [3.05, 3.63) is 39.7 Å². The van der Waals surface area contributed by atoms with Crippen molar-refractivity contribution in [1.29, 1.82) is 0 Å². The van der Waals surface area contributed by atoms with Crippen LogP contribution in [0.1, 0.15) is 5.69 Å². The molecule has 78 valence electrons. The summed E-state index contributed by atoms with van der Waals surface area (Å²) in [5, 5.41) is 9.10. The van der Waals surface area contributed by atoms with E-state index in [0.717, 1.165) is 23.1 Å². The second-order valence-electron chi connectivity index (χ2n) is 3.07. The molecule has 15 heavy (non-hydrogen) atoms. The zero-order chi connectivity index (χ0) is 10.7. The van der Waals surface area contributed by atoms with Gasteiger partial charge in [0.2, 0.25) is 0 Å². The summed E-state index contributed by atoms with van der Waals surface area (Å²) < 4.78 is 3.00. The maximum atomic E-state index is 4.09. The molecule has 2 aromatic rings. The van der Waals surface area contributed by atoms with Crippen molar-refractivity contribution in [1.82, 2.24) is 15.0 Å². The maximum absolute atomic E-state index is 4.09. The molecule has 0 aliphatic rings. The Bertz CT molecular complexity index is 455. The third-order valence-electron chi connectivity index (χ3n) is 1.96. The topological polar surface area (TPSA) is 30.7 Å². The van der Waals surface area contributed by atoms with Crippen molar-refractivity contribution in [2.24, 2.45) is 0 Å². The number of halogens is 2. The van der Waals surface area contributed by atoms with Gasteiger partial charge in [-0.25, -0.2) is 4.68 Å². The van der Waals surface area contributed by atoms with Gasteiger partial charge < -0.3 is 0 Å². The van der Waals surface area contributed by atoms with E-state index in [4.69, 9.17) is 0 Å². The van der Waals surface area contributed by atoms with Gasteiger partial charge in [-0.15, -0.1) is 5.10 Å². The summed E-state index contributed by atoms with van der Waals surface area (Å²) >= 11 is 5.67. The fourth-order valence-electron chi connectivity index (χ4n) is 1.25. The smallest absolute Gasteiger partial charge is 0.0840 e. The largest absolute Gasteiger partial charge is 0.220 e. The normalized spacial score (nSPS) is 10.5. The van der Waals surface area contributed by atoms with Crippen LogP contribution in [0.5, 0.6) is 0 Å². The average molecular weight is 378 g/mol. The van der Waals surface area contributed by atoms with E-state index in [1.54, 1.807) is 4.68 Å². The molecule has 0 bridgehead atoms. The van der Waals surface area contributed by atoms with E-state index in [2.05, 4.69) is 61.0 Å². The number of benzene rings is 1. The van der Waals surface area contributed by atoms with Gasteiger partial charge in [-0.2, -0.15) is 0 Å². The molecule has 1 aromatic heterocycles. The lowest BCUT2D eigenvalue weighted by Crippen LogP contribution is -1.94. The van der Waals surface area contributed by atoms with Crippen LogP contribution in [-0.4, -0.2) is 20.3 Å². The van der Waals surface area contributed by atoms with Crippen molar-refractivity contribution < 1.29 is 0 Å². The third-order valence-corrected chi connectivity index (χ3v) is 3.03. The number of alkyl halides is 1. The van der Waals surface area contributed by atoms with Crippen LogP contribution < -0.4 is 0 Å². The van der Waals surface area contributed by atoms with Crippen molar-refractivity contribution in [2.75, 3.05) is 5.33 Å². The Labute approximate surface area is 110 Å². The molecule has 0 aliphatic carbocycles. The molecule has 0 saturated carbocycles. The van der Waals surface area contributed by atoms with Crippen LogP contribution in [0, 0.1) is 3.57 Å². The number of rotatable bonds is 3. The summed E-state index contributed by atoms with van der Waals surface area (Å²) in [7, 11) is 0. The molecule has 0 N–H and O–H groups in total. The molecule has 0 saturated heterocycles. The fraction of sp³-hybridized carbons (Fsp3) is 0.200. The second-order valence-corrected chi connectivity index (χ2v) is 5.11. The van der Waals surface area contributed by atoms with Gasteiger partial charge in [0.25, 0.3) is 0 Å². The van der Waals surface area contributed by atoms with Gasteiger partial charge in [0, 0.05) is 15.3 Å². The highest BCUT2D eigenvalue weighted by molar-refractivity contribution is 14.1. The molecule has 1 aromatic carbocycles. The van der Waals surface area contributed by atoms with Crippen LogP contribution in [0.4, 0.5) is 0 Å². The first kappa shape index (κ1) is 11.1. The summed E-state index contributed by atoms with van der Waals surface area (Å²) in [6.07, 6.45) is 2.87. The molecular weight excluding hydrogens is 369 g/mol. The third kappa shape index (κ3) is 2.78. The van der Waals surface area contributed by atoms with E-state index >= 15 is 0 Å². The molecule has 0 fully saturated rings. The zero-order valence-corrected chi connectivity index (χ0v) is 11.6. The number of hydrogen-bond acceptors (Lipinski definition) is 2. The fourth-order valence-corrected chi connectivity index (χ4v) is 2.19. The molecule has 0 aliphatic heterocycles. The first-order chi connectivity index (χ1) is 7.29. The number of nitrogens with zero attached hydrogens (tertiary/aromatic N) is 3. The lowest BCUT2D eigenvalue weighted by atomic mass is 10.3. The van der Waals surface area contributed by atoms with Crippen LogP contribution in [0.25, 0.3) is 5.69 Å².